The molecule has 1 heterocycles. The van der Waals surface area contributed by atoms with Crippen LogP contribution in [-0.4, -0.2) is 42.0 Å². The van der Waals surface area contributed by atoms with Crippen LogP contribution in [0.15, 0.2) is 6.20 Å². The number of aromatic nitrogens is 2. The number of hydrogen-bond acceptors (Lipinski definition) is 4. The molecule has 0 fully saturated rings. The maximum atomic E-state index is 5.56. The highest BCUT2D eigenvalue weighted by Gasteiger charge is 2.11. The smallest absolute Gasteiger partial charge is 0.203 e. The lowest BCUT2D eigenvalue weighted by molar-refractivity contribution is 0.0643. The van der Waals surface area contributed by atoms with E-state index >= 15 is 0 Å². The predicted octanol–water partition coefficient (Wildman–Crippen LogP) is 2.06. The van der Waals surface area contributed by atoms with Gasteiger partial charge in [0, 0.05) is 26.0 Å². The monoisotopic (exact) mass is 255 g/mol. The Morgan fingerprint density at radius 3 is 2.78 bits per heavy atom. The second-order valence-electron chi connectivity index (χ2n) is 4.62. The summed E-state index contributed by atoms with van der Waals surface area (Å²) in [6.07, 6.45) is 2.22. The molecule has 18 heavy (non-hydrogen) atoms. The Labute approximate surface area is 109 Å². The van der Waals surface area contributed by atoms with Gasteiger partial charge in [-0.1, -0.05) is 0 Å². The van der Waals surface area contributed by atoms with Crippen LogP contribution in [-0.2, 0) is 16.0 Å². The Kier molecular flexibility index (Phi) is 6.15. The highest BCUT2D eigenvalue weighted by Crippen LogP contribution is 2.11. The van der Waals surface area contributed by atoms with Crippen molar-refractivity contribution in [2.75, 3.05) is 25.6 Å². The molecule has 0 aliphatic carbocycles. The van der Waals surface area contributed by atoms with Crippen LogP contribution < -0.4 is 5.32 Å². The van der Waals surface area contributed by atoms with E-state index in [0.29, 0.717) is 6.61 Å². The van der Waals surface area contributed by atoms with Gasteiger partial charge >= 0.3 is 0 Å². The van der Waals surface area contributed by atoms with Crippen molar-refractivity contribution in [1.82, 2.24) is 9.55 Å². The maximum Gasteiger partial charge on any atom is 0.203 e. The standard InChI is InChI=1S/C13H25N3O2/c1-6-18-12(4)8-16-7-10(2)14-13(16)15-11(3)9-17-5/h7,11-12H,6,8-9H2,1-5H3,(H,14,15). The number of aryl methyl sites for hydroxylation is 1. The lowest BCUT2D eigenvalue weighted by atomic mass is 10.3. The zero-order valence-corrected chi connectivity index (χ0v) is 12.1. The maximum absolute atomic E-state index is 5.56. The number of ether oxygens (including phenoxy) is 2. The van der Waals surface area contributed by atoms with Gasteiger partial charge in [-0.3, -0.25) is 0 Å². The Hall–Kier alpha value is -1.07. The van der Waals surface area contributed by atoms with E-state index in [2.05, 4.69) is 28.7 Å². The van der Waals surface area contributed by atoms with Crippen molar-refractivity contribution < 1.29 is 9.47 Å². The molecule has 5 nitrogen and oxygen atoms in total. The lowest BCUT2D eigenvalue weighted by Crippen LogP contribution is -2.25. The number of hydrogen-bond donors (Lipinski definition) is 1. The van der Waals surface area contributed by atoms with Crippen LogP contribution >= 0.6 is 0 Å². The van der Waals surface area contributed by atoms with Gasteiger partial charge in [0.1, 0.15) is 0 Å². The van der Waals surface area contributed by atoms with E-state index in [1.54, 1.807) is 7.11 Å². The molecule has 0 amide bonds. The number of anilines is 1. The molecule has 1 aromatic heterocycles. The summed E-state index contributed by atoms with van der Waals surface area (Å²) in [5.41, 5.74) is 1.01. The Balaban J connectivity index is 2.66. The fourth-order valence-electron chi connectivity index (χ4n) is 1.93. The van der Waals surface area contributed by atoms with Crippen molar-refractivity contribution in [3.63, 3.8) is 0 Å². The van der Waals surface area contributed by atoms with Crippen LogP contribution in [0.2, 0.25) is 0 Å². The first kappa shape index (κ1) is 15.0. The molecule has 1 rings (SSSR count). The molecule has 0 saturated carbocycles. The number of nitrogens with zero attached hydrogens (tertiary/aromatic N) is 2. The first-order valence-electron chi connectivity index (χ1n) is 6.47. The Morgan fingerprint density at radius 1 is 1.44 bits per heavy atom. The van der Waals surface area contributed by atoms with E-state index < -0.39 is 0 Å². The average Bonchev–Trinajstić information content (AvgIpc) is 2.59. The molecule has 2 atom stereocenters. The van der Waals surface area contributed by atoms with Gasteiger partial charge in [0.15, 0.2) is 0 Å². The summed E-state index contributed by atoms with van der Waals surface area (Å²) in [5, 5.41) is 3.35. The molecule has 5 heteroatoms. The van der Waals surface area contributed by atoms with Gasteiger partial charge in [-0.25, -0.2) is 4.98 Å². The van der Waals surface area contributed by atoms with Crippen molar-refractivity contribution in [2.24, 2.45) is 0 Å². The molecule has 0 spiro atoms. The van der Waals surface area contributed by atoms with E-state index in [0.717, 1.165) is 24.8 Å². The molecule has 0 aliphatic heterocycles. The predicted molar refractivity (Wildman–Crippen MR) is 73.0 cm³/mol. The molecule has 0 saturated heterocycles. The van der Waals surface area contributed by atoms with Crippen molar-refractivity contribution in [1.29, 1.82) is 0 Å². The second-order valence-corrected chi connectivity index (χ2v) is 4.62. The third-order valence-electron chi connectivity index (χ3n) is 2.59. The molecular formula is C13H25N3O2. The van der Waals surface area contributed by atoms with Gasteiger partial charge in [-0.15, -0.1) is 0 Å². The Bertz CT molecular complexity index is 321. The number of rotatable bonds is 8. The number of nitrogens with one attached hydrogen (secondary N) is 1. The SMILES string of the molecule is CCOC(C)Cn1cc(C)nc1NC(C)COC. The van der Waals surface area contributed by atoms with Crippen molar-refractivity contribution in [3.05, 3.63) is 11.9 Å². The third-order valence-corrected chi connectivity index (χ3v) is 2.59. The molecule has 2 unspecified atom stereocenters. The minimum Gasteiger partial charge on any atom is -0.383 e. The van der Waals surface area contributed by atoms with Crippen LogP contribution in [0.1, 0.15) is 26.5 Å². The van der Waals surface area contributed by atoms with Crippen molar-refractivity contribution in [3.8, 4) is 0 Å². The van der Waals surface area contributed by atoms with Gasteiger partial charge < -0.3 is 19.4 Å². The summed E-state index contributed by atoms with van der Waals surface area (Å²) in [6, 6.07) is 0.234. The summed E-state index contributed by atoms with van der Waals surface area (Å²) in [4.78, 5) is 4.49. The third kappa shape index (κ3) is 4.66. The summed E-state index contributed by atoms with van der Waals surface area (Å²) >= 11 is 0. The van der Waals surface area contributed by atoms with Crippen LogP contribution in [0.4, 0.5) is 5.95 Å². The fraction of sp³-hybridized carbons (Fsp3) is 0.769. The van der Waals surface area contributed by atoms with Crippen LogP contribution in [0, 0.1) is 6.92 Å². The molecule has 0 radical (unpaired) electrons. The highest BCUT2D eigenvalue weighted by atomic mass is 16.5. The average molecular weight is 255 g/mol. The van der Waals surface area contributed by atoms with Crippen molar-refractivity contribution >= 4 is 5.95 Å². The summed E-state index contributed by atoms with van der Waals surface area (Å²) in [5.74, 6) is 0.878. The zero-order chi connectivity index (χ0) is 13.5. The van der Waals surface area contributed by atoms with E-state index in [1.807, 2.05) is 20.0 Å². The zero-order valence-electron chi connectivity index (χ0n) is 12.1. The fourth-order valence-corrected chi connectivity index (χ4v) is 1.93. The molecule has 0 aromatic carbocycles. The van der Waals surface area contributed by atoms with Gasteiger partial charge in [0.25, 0.3) is 0 Å². The van der Waals surface area contributed by atoms with Crippen molar-refractivity contribution in [2.45, 2.75) is 46.4 Å². The molecule has 0 bridgehead atoms. The molecule has 104 valence electrons. The highest BCUT2D eigenvalue weighted by molar-refractivity contribution is 5.30. The molecular weight excluding hydrogens is 230 g/mol. The molecule has 1 N–H and O–H groups in total. The number of imidazole rings is 1. The van der Waals surface area contributed by atoms with E-state index in [1.165, 1.54) is 0 Å². The topological polar surface area (TPSA) is 48.3 Å². The minimum absolute atomic E-state index is 0.182. The quantitative estimate of drug-likeness (QED) is 0.772. The second kappa shape index (κ2) is 7.38. The summed E-state index contributed by atoms with van der Waals surface area (Å²) in [6.45, 7) is 10.3. The molecule has 0 aliphatic rings. The van der Waals surface area contributed by atoms with E-state index in [4.69, 9.17) is 9.47 Å². The normalized spacial score (nSPS) is 14.5. The summed E-state index contributed by atoms with van der Waals surface area (Å²) < 4.78 is 12.8. The lowest BCUT2D eigenvalue weighted by Gasteiger charge is -2.17. The Morgan fingerprint density at radius 2 is 2.17 bits per heavy atom. The van der Waals surface area contributed by atoms with Gasteiger partial charge in [-0.2, -0.15) is 0 Å². The summed E-state index contributed by atoms with van der Waals surface area (Å²) in [7, 11) is 1.70. The van der Waals surface area contributed by atoms with Gasteiger partial charge in [0.05, 0.1) is 24.9 Å². The van der Waals surface area contributed by atoms with Gasteiger partial charge in [0.2, 0.25) is 5.95 Å². The minimum atomic E-state index is 0.182. The van der Waals surface area contributed by atoms with E-state index in [9.17, 15) is 0 Å². The van der Waals surface area contributed by atoms with Gasteiger partial charge in [-0.05, 0) is 27.7 Å². The van der Waals surface area contributed by atoms with Crippen LogP contribution in [0.25, 0.3) is 0 Å². The number of methoxy groups -OCH3 is 1. The van der Waals surface area contributed by atoms with E-state index in [-0.39, 0.29) is 12.1 Å². The first-order valence-corrected chi connectivity index (χ1v) is 6.47. The first-order chi connectivity index (χ1) is 8.56. The largest absolute Gasteiger partial charge is 0.383 e. The van der Waals surface area contributed by atoms with Crippen LogP contribution in [0.5, 0.6) is 0 Å². The molecule has 1 aromatic rings. The van der Waals surface area contributed by atoms with Crippen LogP contribution in [0.3, 0.4) is 0 Å².